The van der Waals surface area contributed by atoms with Crippen LogP contribution >= 0.6 is 0 Å². The van der Waals surface area contributed by atoms with Crippen LogP contribution < -0.4 is 0 Å². The number of rotatable bonds is 2. The molecule has 5 heteroatoms. The Morgan fingerprint density at radius 2 is 2.08 bits per heavy atom. The molecule has 72 valence electrons. The van der Waals surface area contributed by atoms with Gasteiger partial charge in [0, 0.05) is 7.11 Å². The summed E-state index contributed by atoms with van der Waals surface area (Å²) in [4.78, 5) is 0. The molecule has 0 amide bonds. The highest BCUT2D eigenvalue weighted by Crippen LogP contribution is 2.31. The SMILES string of the molecule is CO[C@]1(C)O[C@H](CO)[C@@H](O)[C@@H]1O. The van der Waals surface area contributed by atoms with Crippen LogP contribution in [0.15, 0.2) is 0 Å². The number of aliphatic hydroxyl groups is 3. The van der Waals surface area contributed by atoms with Crippen molar-refractivity contribution in [2.24, 2.45) is 0 Å². The van der Waals surface area contributed by atoms with Crippen LogP contribution in [0.3, 0.4) is 0 Å². The number of ether oxygens (including phenoxy) is 2. The van der Waals surface area contributed by atoms with Gasteiger partial charge >= 0.3 is 0 Å². The first-order valence-electron chi connectivity index (χ1n) is 3.75. The molecule has 1 rings (SSSR count). The Labute approximate surface area is 70.5 Å². The summed E-state index contributed by atoms with van der Waals surface area (Å²) in [6.07, 6.45) is -3.00. The lowest BCUT2D eigenvalue weighted by atomic mass is 10.1. The van der Waals surface area contributed by atoms with Gasteiger partial charge in [-0.1, -0.05) is 0 Å². The van der Waals surface area contributed by atoms with Crippen molar-refractivity contribution >= 4 is 0 Å². The van der Waals surface area contributed by atoms with Crippen molar-refractivity contribution in [2.45, 2.75) is 31.0 Å². The Morgan fingerprint density at radius 1 is 1.50 bits per heavy atom. The minimum atomic E-state index is -1.22. The summed E-state index contributed by atoms with van der Waals surface area (Å²) in [5.74, 6) is -1.22. The average Bonchev–Trinajstić information content (AvgIpc) is 2.31. The van der Waals surface area contributed by atoms with E-state index in [4.69, 9.17) is 14.6 Å². The number of aliphatic hydroxyl groups excluding tert-OH is 3. The van der Waals surface area contributed by atoms with Crippen LogP contribution in [0.4, 0.5) is 0 Å². The number of hydrogen-bond donors (Lipinski definition) is 3. The van der Waals surface area contributed by atoms with Gasteiger partial charge < -0.3 is 24.8 Å². The van der Waals surface area contributed by atoms with Crippen molar-refractivity contribution in [3.05, 3.63) is 0 Å². The van der Waals surface area contributed by atoms with Crippen molar-refractivity contribution in [3.8, 4) is 0 Å². The van der Waals surface area contributed by atoms with Crippen LogP contribution in [0, 0.1) is 0 Å². The van der Waals surface area contributed by atoms with Crippen molar-refractivity contribution < 1.29 is 24.8 Å². The van der Waals surface area contributed by atoms with Gasteiger partial charge in [0.05, 0.1) is 6.61 Å². The quantitative estimate of drug-likeness (QED) is 0.477. The molecule has 4 atom stereocenters. The molecule has 0 unspecified atom stereocenters. The van der Waals surface area contributed by atoms with E-state index in [1.54, 1.807) is 0 Å². The van der Waals surface area contributed by atoms with E-state index in [0.717, 1.165) is 0 Å². The highest BCUT2D eigenvalue weighted by molar-refractivity contribution is 4.93. The maximum Gasteiger partial charge on any atom is 0.194 e. The minimum Gasteiger partial charge on any atom is -0.394 e. The van der Waals surface area contributed by atoms with Crippen molar-refractivity contribution in [1.82, 2.24) is 0 Å². The van der Waals surface area contributed by atoms with Gasteiger partial charge in [-0.2, -0.15) is 0 Å². The predicted molar refractivity (Wildman–Crippen MR) is 39.4 cm³/mol. The molecule has 0 saturated carbocycles. The molecule has 0 aromatic heterocycles. The van der Waals surface area contributed by atoms with Crippen LogP contribution in [0.25, 0.3) is 0 Å². The van der Waals surface area contributed by atoms with E-state index in [2.05, 4.69) is 0 Å². The third kappa shape index (κ3) is 1.34. The van der Waals surface area contributed by atoms with E-state index in [-0.39, 0.29) is 6.61 Å². The molecular formula is C7H14O5. The van der Waals surface area contributed by atoms with Crippen LogP contribution in [0.2, 0.25) is 0 Å². The van der Waals surface area contributed by atoms with Crippen LogP contribution in [0.1, 0.15) is 6.92 Å². The smallest absolute Gasteiger partial charge is 0.194 e. The Balaban J connectivity index is 2.72. The third-order valence-electron chi connectivity index (χ3n) is 2.21. The summed E-state index contributed by atoms with van der Waals surface area (Å²) in [6, 6.07) is 0. The third-order valence-corrected chi connectivity index (χ3v) is 2.21. The van der Waals surface area contributed by atoms with Gasteiger partial charge in [0.2, 0.25) is 0 Å². The van der Waals surface area contributed by atoms with Crippen LogP contribution in [0.5, 0.6) is 0 Å². The molecule has 0 bridgehead atoms. The molecule has 0 spiro atoms. The largest absolute Gasteiger partial charge is 0.394 e. The molecule has 0 radical (unpaired) electrons. The standard InChI is InChI=1S/C7H14O5/c1-7(11-2)6(10)5(9)4(3-8)12-7/h4-6,8-10H,3H2,1-2H3/t4-,5-,6+,7-/m1/s1. The Hall–Kier alpha value is -0.200. The lowest BCUT2D eigenvalue weighted by Gasteiger charge is -2.25. The molecule has 1 saturated heterocycles. The Bertz CT molecular complexity index is 162. The fourth-order valence-electron chi connectivity index (χ4n) is 1.27. The van der Waals surface area contributed by atoms with E-state index in [9.17, 15) is 10.2 Å². The fourth-order valence-corrected chi connectivity index (χ4v) is 1.27. The van der Waals surface area contributed by atoms with Gasteiger partial charge in [-0.25, -0.2) is 0 Å². The first-order chi connectivity index (χ1) is 5.55. The van der Waals surface area contributed by atoms with Gasteiger partial charge in [0.1, 0.15) is 18.3 Å². The molecule has 1 fully saturated rings. The van der Waals surface area contributed by atoms with E-state index in [0.29, 0.717) is 0 Å². The topological polar surface area (TPSA) is 79.2 Å². The van der Waals surface area contributed by atoms with Crippen molar-refractivity contribution in [2.75, 3.05) is 13.7 Å². The Morgan fingerprint density at radius 3 is 2.33 bits per heavy atom. The fraction of sp³-hybridized carbons (Fsp3) is 1.00. The van der Waals surface area contributed by atoms with Gasteiger partial charge in [-0.05, 0) is 6.92 Å². The molecule has 0 aliphatic carbocycles. The molecule has 1 heterocycles. The van der Waals surface area contributed by atoms with E-state index < -0.39 is 24.1 Å². The lowest BCUT2D eigenvalue weighted by molar-refractivity contribution is -0.235. The molecule has 1 aliphatic rings. The minimum absolute atomic E-state index is 0.336. The Kier molecular flexibility index (Phi) is 2.70. The van der Waals surface area contributed by atoms with Crippen molar-refractivity contribution in [1.29, 1.82) is 0 Å². The molecule has 1 aliphatic heterocycles. The zero-order valence-electron chi connectivity index (χ0n) is 7.10. The van der Waals surface area contributed by atoms with Gasteiger partial charge in [0.15, 0.2) is 5.79 Å². The normalized spacial score (nSPS) is 48.2. The molecule has 0 aromatic carbocycles. The van der Waals surface area contributed by atoms with E-state index >= 15 is 0 Å². The summed E-state index contributed by atoms with van der Waals surface area (Å²) in [5.41, 5.74) is 0. The predicted octanol–water partition coefficient (Wildman–Crippen LogP) is -1.54. The monoisotopic (exact) mass is 178 g/mol. The van der Waals surface area contributed by atoms with E-state index in [1.807, 2.05) is 0 Å². The molecule has 3 N–H and O–H groups in total. The number of methoxy groups -OCH3 is 1. The highest BCUT2D eigenvalue weighted by atomic mass is 16.7. The molecule has 0 aromatic rings. The first kappa shape index (κ1) is 9.88. The zero-order valence-corrected chi connectivity index (χ0v) is 7.10. The second kappa shape index (κ2) is 3.27. The summed E-state index contributed by atoms with van der Waals surface area (Å²) in [7, 11) is 1.37. The average molecular weight is 178 g/mol. The van der Waals surface area contributed by atoms with Gasteiger partial charge in [-0.3, -0.25) is 0 Å². The number of hydrogen-bond acceptors (Lipinski definition) is 5. The van der Waals surface area contributed by atoms with Crippen molar-refractivity contribution in [3.63, 3.8) is 0 Å². The summed E-state index contributed by atoms with van der Waals surface area (Å²) in [5, 5.41) is 27.4. The van der Waals surface area contributed by atoms with Crippen LogP contribution in [-0.2, 0) is 9.47 Å². The van der Waals surface area contributed by atoms with Gasteiger partial charge in [-0.15, -0.1) is 0 Å². The maximum atomic E-state index is 9.41. The summed E-state index contributed by atoms with van der Waals surface area (Å²) >= 11 is 0. The van der Waals surface area contributed by atoms with E-state index in [1.165, 1.54) is 14.0 Å². The highest BCUT2D eigenvalue weighted by Gasteiger charge is 2.51. The second-order valence-corrected chi connectivity index (χ2v) is 2.99. The molecular weight excluding hydrogens is 164 g/mol. The van der Waals surface area contributed by atoms with Gasteiger partial charge in [0.25, 0.3) is 0 Å². The molecule has 5 nitrogen and oxygen atoms in total. The summed E-state index contributed by atoms with van der Waals surface area (Å²) in [6.45, 7) is 1.17. The lowest BCUT2D eigenvalue weighted by Crippen LogP contribution is -2.42. The summed E-state index contributed by atoms with van der Waals surface area (Å²) < 4.78 is 9.97. The zero-order chi connectivity index (χ0) is 9.35. The second-order valence-electron chi connectivity index (χ2n) is 2.99. The first-order valence-corrected chi connectivity index (χ1v) is 3.75. The van der Waals surface area contributed by atoms with Crippen LogP contribution in [-0.4, -0.2) is 53.1 Å². The maximum absolute atomic E-state index is 9.41. The molecule has 12 heavy (non-hydrogen) atoms.